The zero-order valence-corrected chi connectivity index (χ0v) is 12.8. The summed E-state index contributed by atoms with van der Waals surface area (Å²) in [5.41, 5.74) is 0.616. The normalized spacial score (nSPS) is 11.1. The summed E-state index contributed by atoms with van der Waals surface area (Å²) < 4.78 is 38.3. The van der Waals surface area contributed by atoms with Gasteiger partial charge in [0.15, 0.2) is 5.13 Å². The third kappa shape index (κ3) is 3.36. The van der Waals surface area contributed by atoms with Gasteiger partial charge in [0.05, 0.1) is 5.56 Å². The third-order valence-corrected chi connectivity index (χ3v) is 3.98. The molecule has 0 amide bonds. The fraction of sp³-hybridized carbons (Fsp3) is 0.0625. The average molecular weight is 346 g/mol. The van der Waals surface area contributed by atoms with Crippen LogP contribution in [-0.4, -0.2) is 9.97 Å². The number of alkyl halides is 3. The molecule has 0 unspecified atom stereocenters. The van der Waals surface area contributed by atoms with Crippen LogP contribution in [0.3, 0.4) is 0 Å². The summed E-state index contributed by atoms with van der Waals surface area (Å²) in [6.45, 7) is 0. The first-order chi connectivity index (χ1) is 11.5. The smallest absolute Gasteiger partial charge is 0.331 e. The Hall–Kier alpha value is -2.92. The van der Waals surface area contributed by atoms with Gasteiger partial charge in [0.2, 0.25) is 0 Å². The monoisotopic (exact) mass is 346 g/mol. The number of thiazole rings is 1. The predicted octanol–water partition coefficient (Wildman–Crippen LogP) is 4.84. The summed E-state index contributed by atoms with van der Waals surface area (Å²) in [6, 6.07) is 10.3. The molecule has 3 rings (SSSR count). The Morgan fingerprint density at radius 2 is 2.00 bits per heavy atom. The van der Waals surface area contributed by atoms with E-state index in [0.29, 0.717) is 21.3 Å². The lowest BCUT2D eigenvalue weighted by atomic mass is 10.2. The van der Waals surface area contributed by atoms with Crippen molar-refractivity contribution < 1.29 is 13.2 Å². The van der Waals surface area contributed by atoms with Gasteiger partial charge in [0, 0.05) is 23.6 Å². The molecule has 1 N–H and O–H groups in total. The van der Waals surface area contributed by atoms with Crippen LogP contribution < -0.4 is 5.32 Å². The quantitative estimate of drug-likeness (QED) is 0.737. The Kier molecular flexibility index (Phi) is 4.18. The summed E-state index contributed by atoms with van der Waals surface area (Å²) in [5, 5.41) is 12.4. The van der Waals surface area contributed by atoms with Crippen LogP contribution in [0.5, 0.6) is 0 Å². The van der Waals surface area contributed by atoms with Gasteiger partial charge in [-0.3, -0.25) is 4.98 Å². The highest BCUT2D eigenvalue weighted by atomic mass is 32.1. The summed E-state index contributed by atoms with van der Waals surface area (Å²) in [6.07, 6.45) is -1.24. The van der Waals surface area contributed by atoms with Gasteiger partial charge in [-0.15, -0.1) is 0 Å². The van der Waals surface area contributed by atoms with Gasteiger partial charge >= 0.3 is 6.18 Å². The molecule has 0 bridgehead atoms. The van der Waals surface area contributed by atoms with Crippen LogP contribution in [0.25, 0.3) is 11.3 Å². The van der Waals surface area contributed by atoms with Gasteiger partial charge in [-0.25, -0.2) is 4.98 Å². The van der Waals surface area contributed by atoms with Crippen LogP contribution in [0.2, 0.25) is 0 Å². The second-order valence-corrected chi connectivity index (χ2v) is 5.75. The Bertz CT molecular complexity index is 898. The van der Waals surface area contributed by atoms with Crippen LogP contribution >= 0.6 is 11.3 Å². The van der Waals surface area contributed by atoms with Crippen molar-refractivity contribution in [1.29, 1.82) is 5.26 Å². The van der Waals surface area contributed by atoms with Crippen LogP contribution in [0.4, 0.5) is 24.0 Å². The highest BCUT2D eigenvalue weighted by molar-refractivity contribution is 7.16. The van der Waals surface area contributed by atoms with Gasteiger partial charge in [-0.05, 0) is 30.3 Å². The van der Waals surface area contributed by atoms with Crippen molar-refractivity contribution in [2.24, 2.45) is 0 Å². The maximum Gasteiger partial charge on any atom is 0.416 e. The number of nitriles is 1. The second-order valence-electron chi connectivity index (χ2n) is 4.75. The average Bonchev–Trinajstić information content (AvgIpc) is 2.98. The molecule has 0 saturated heterocycles. The molecule has 4 nitrogen and oxygen atoms in total. The number of nitrogens with one attached hydrogen (secondary N) is 1. The Morgan fingerprint density at radius 1 is 1.17 bits per heavy atom. The van der Waals surface area contributed by atoms with Crippen molar-refractivity contribution in [3.63, 3.8) is 0 Å². The lowest BCUT2D eigenvalue weighted by Gasteiger charge is -2.08. The molecule has 0 aliphatic rings. The molecule has 0 atom stereocenters. The van der Waals surface area contributed by atoms with Crippen LogP contribution in [-0.2, 0) is 6.18 Å². The Balaban J connectivity index is 1.92. The molecule has 0 radical (unpaired) electrons. The minimum atomic E-state index is -4.42. The molecule has 0 fully saturated rings. The third-order valence-electron chi connectivity index (χ3n) is 3.10. The standard InChI is InChI=1S/C16H9F3N4S/c17-16(18,19)11-4-1-5-12(7-11)22-15-23-14(13(8-20)24-15)10-3-2-6-21-9-10/h1-7,9H,(H,22,23). The molecule has 0 aliphatic heterocycles. The van der Waals surface area contributed by atoms with Gasteiger partial charge in [-0.2, -0.15) is 18.4 Å². The number of halogens is 3. The minimum Gasteiger partial charge on any atom is -0.331 e. The van der Waals surface area contributed by atoms with E-state index in [0.717, 1.165) is 23.5 Å². The van der Waals surface area contributed by atoms with Gasteiger partial charge in [0.1, 0.15) is 16.6 Å². The number of pyridine rings is 1. The number of hydrogen-bond acceptors (Lipinski definition) is 5. The maximum absolute atomic E-state index is 12.8. The van der Waals surface area contributed by atoms with E-state index in [9.17, 15) is 18.4 Å². The molecule has 2 aromatic heterocycles. The summed E-state index contributed by atoms with van der Waals surface area (Å²) in [7, 11) is 0. The van der Waals surface area contributed by atoms with E-state index in [4.69, 9.17) is 0 Å². The molecular formula is C16H9F3N4S. The van der Waals surface area contributed by atoms with Crippen LogP contribution in [0, 0.1) is 11.3 Å². The number of hydrogen-bond donors (Lipinski definition) is 1. The second kappa shape index (κ2) is 6.29. The Morgan fingerprint density at radius 3 is 2.67 bits per heavy atom. The fourth-order valence-corrected chi connectivity index (χ4v) is 2.85. The Labute approximate surface area is 139 Å². The lowest BCUT2D eigenvalue weighted by molar-refractivity contribution is -0.137. The van der Waals surface area contributed by atoms with Gasteiger partial charge in [-0.1, -0.05) is 17.4 Å². The molecule has 0 spiro atoms. The van der Waals surface area contributed by atoms with Crippen LogP contribution in [0.15, 0.2) is 48.8 Å². The first-order valence-electron chi connectivity index (χ1n) is 6.73. The summed E-state index contributed by atoms with van der Waals surface area (Å²) in [4.78, 5) is 8.64. The predicted molar refractivity (Wildman–Crippen MR) is 84.8 cm³/mol. The van der Waals surface area contributed by atoms with Crippen molar-refractivity contribution in [3.05, 3.63) is 59.2 Å². The number of benzene rings is 1. The fourth-order valence-electron chi connectivity index (χ4n) is 2.04. The van der Waals surface area contributed by atoms with Crippen molar-refractivity contribution in [1.82, 2.24) is 9.97 Å². The number of aromatic nitrogens is 2. The van der Waals surface area contributed by atoms with E-state index < -0.39 is 11.7 Å². The van der Waals surface area contributed by atoms with E-state index >= 15 is 0 Å². The zero-order valence-electron chi connectivity index (χ0n) is 12.0. The number of rotatable bonds is 3. The summed E-state index contributed by atoms with van der Waals surface area (Å²) in [5.74, 6) is 0. The van der Waals surface area contributed by atoms with E-state index in [2.05, 4.69) is 15.3 Å². The number of anilines is 2. The van der Waals surface area contributed by atoms with Crippen molar-refractivity contribution >= 4 is 22.2 Å². The van der Waals surface area contributed by atoms with Crippen molar-refractivity contribution in [2.45, 2.75) is 6.18 Å². The molecule has 120 valence electrons. The summed E-state index contributed by atoms with van der Waals surface area (Å²) >= 11 is 1.07. The molecule has 0 aliphatic carbocycles. The maximum atomic E-state index is 12.8. The molecule has 2 heterocycles. The first kappa shape index (κ1) is 16.0. The molecule has 24 heavy (non-hydrogen) atoms. The van der Waals surface area contributed by atoms with Crippen LogP contribution in [0.1, 0.15) is 10.4 Å². The lowest BCUT2D eigenvalue weighted by Crippen LogP contribution is -2.05. The van der Waals surface area contributed by atoms with Gasteiger partial charge < -0.3 is 5.32 Å². The van der Waals surface area contributed by atoms with E-state index in [-0.39, 0.29) is 5.69 Å². The van der Waals surface area contributed by atoms with E-state index in [1.807, 2.05) is 6.07 Å². The van der Waals surface area contributed by atoms with E-state index in [1.54, 1.807) is 24.5 Å². The largest absolute Gasteiger partial charge is 0.416 e. The zero-order chi connectivity index (χ0) is 17.2. The minimum absolute atomic E-state index is 0.251. The van der Waals surface area contributed by atoms with Crippen molar-refractivity contribution in [2.75, 3.05) is 5.32 Å². The van der Waals surface area contributed by atoms with Crippen molar-refractivity contribution in [3.8, 4) is 17.3 Å². The molecule has 3 aromatic rings. The number of nitrogens with zero attached hydrogens (tertiary/aromatic N) is 3. The topological polar surface area (TPSA) is 61.6 Å². The SMILES string of the molecule is N#Cc1sc(Nc2cccc(C(F)(F)F)c2)nc1-c1cccnc1. The highest BCUT2D eigenvalue weighted by Gasteiger charge is 2.30. The van der Waals surface area contributed by atoms with E-state index in [1.165, 1.54) is 12.1 Å². The molecular weight excluding hydrogens is 337 g/mol. The molecule has 1 aromatic carbocycles. The molecule has 0 saturated carbocycles. The van der Waals surface area contributed by atoms with Gasteiger partial charge in [0.25, 0.3) is 0 Å². The molecule has 8 heteroatoms. The first-order valence-corrected chi connectivity index (χ1v) is 7.54. The highest BCUT2D eigenvalue weighted by Crippen LogP contribution is 2.34.